The monoisotopic (exact) mass is 371 g/mol. The van der Waals surface area contributed by atoms with Gasteiger partial charge >= 0.3 is 12.0 Å². The molecule has 1 fully saturated rings. The number of urea groups is 1. The largest absolute Gasteiger partial charge is 0.465 e. The molecule has 1 aliphatic rings. The van der Waals surface area contributed by atoms with Crippen LogP contribution in [-0.2, 0) is 11.3 Å². The zero-order valence-corrected chi connectivity index (χ0v) is 15.2. The number of halogens is 1. The van der Waals surface area contributed by atoms with E-state index in [2.05, 4.69) is 15.0 Å². The lowest BCUT2D eigenvalue weighted by atomic mass is 10.2. The number of hydrogen-bond acceptors (Lipinski definition) is 4. The third kappa shape index (κ3) is 5.04. The lowest BCUT2D eigenvalue weighted by Crippen LogP contribution is -2.49. The van der Waals surface area contributed by atoms with Crippen molar-refractivity contribution in [2.75, 3.05) is 38.6 Å². The molecule has 7 heteroatoms. The molecule has 0 bridgehead atoms. The Bertz CT molecular complexity index is 785. The Labute approximate surface area is 157 Å². The van der Waals surface area contributed by atoms with Crippen LogP contribution in [0.25, 0.3) is 0 Å². The number of methoxy groups -OCH3 is 1. The molecule has 27 heavy (non-hydrogen) atoms. The topological polar surface area (TPSA) is 61.9 Å². The number of rotatable bonds is 4. The van der Waals surface area contributed by atoms with Crippen molar-refractivity contribution in [2.45, 2.75) is 6.54 Å². The zero-order chi connectivity index (χ0) is 19.2. The molecule has 0 aliphatic carbocycles. The van der Waals surface area contributed by atoms with Gasteiger partial charge in [0, 0.05) is 38.4 Å². The molecule has 0 unspecified atom stereocenters. The Hall–Kier alpha value is -2.93. The number of piperazine rings is 1. The number of amides is 2. The maximum Gasteiger partial charge on any atom is 0.337 e. The van der Waals surface area contributed by atoms with E-state index in [1.165, 1.54) is 19.2 Å². The smallest absolute Gasteiger partial charge is 0.337 e. The molecule has 1 aliphatic heterocycles. The van der Waals surface area contributed by atoms with E-state index in [1.54, 1.807) is 41.3 Å². The molecule has 2 aromatic carbocycles. The number of hydrogen-bond donors (Lipinski definition) is 1. The molecule has 3 rings (SSSR count). The summed E-state index contributed by atoms with van der Waals surface area (Å²) in [6.07, 6.45) is 0. The summed E-state index contributed by atoms with van der Waals surface area (Å²) in [7, 11) is 1.33. The summed E-state index contributed by atoms with van der Waals surface area (Å²) in [5.41, 5.74) is 2.12. The van der Waals surface area contributed by atoms with Gasteiger partial charge in [0.25, 0.3) is 0 Å². The second kappa shape index (κ2) is 8.64. The van der Waals surface area contributed by atoms with Crippen molar-refractivity contribution in [2.24, 2.45) is 0 Å². The predicted molar refractivity (Wildman–Crippen MR) is 100 cm³/mol. The first-order valence-corrected chi connectivity index (χ1v) is 8.76. The van der Waals surface area contributed by atoms with Crippen LogP contribution >= 0.6 is 0 Å². The first-order chi connectivity index (χ1) is 13.0. The van der Waals surface area contributed by atoms with Crippen LogP contribution < -0.4 is 5.32 Å². The summed E-state index contributed by atoms with van der Waals surface area (Å²) in [5.74, 6) is -0.648. The van der Waals surface area contributed by atoms with Gasteiger partial charge in [-0.25, -0.2) is 14.0 Å². The van der Waals surface area contributed by atoms with Crippen molar-refractivity contribution in [3.8, 4) is 0 Å². The van der Waals surface area contributed by atoms with E-state index in [0.717, 1.165) is 25.2 Å². The highest BCUT2D eigenvalue weighted by Gasteiger charge is 2.21. The Morgan fingerprint density at radius 1 is 1.00 bits per heavy atom. The van der Waals surface area contributed by atoms with Gasteiger partial charge < -0.3 is 15.0 Å². The lowest BCUT2D eigenvalue weighted by molar-refractivity contribution is 0.0600. The minimum atomic E-state index is -0.412. The van der Waals surface area contributed by atoms with Crippen LogP contribution in [0.3, 0.4) is 0 Å². The second-order valence-corrected chi connectivity index (χ2v) is 6.39. The van der Waals surface area contributed by atoms with Gasteiger partial charge in [-0.15, -0.1) is 0 Å². The summed E-state index contributed by atoms with van der Waals surface area (Å²) in [6, 6.07) is 12.9. The highest BCUT2D eigenvalue weighted by molar-refractivity contribution is 5.92. The average Bonchev–Trinajstić information content (AvgIpc) is 2.70. The van der Waals surface area contributed by atoms with Crippen LogP contribution in [-0.4, -0.2) is 55.1 Å². The first kappa shape index (κ1) is 18.8. The number of nitrogens with one attached hydrogen (secondary N) is 1. The van der Waals surface area contributed by atoms with Gasteiger partial charge in [0.05, 0.1) is 12.7 Å². The van der Waals surface area contributed by atoms with Gasteiger partial charge in [-0.1, -0.05) is 12.1 Å². The first-order valence-electron chi connectivity index (χ1n) is 8.76. The third-order valence-electron chi connectivity index (χ3n) is 4.54. The SMILES string of the molecule is COC(=O)c1ccc(NC(=O)N2CCN(Cc3ccc(F)cc3)CC2)cc1. The van der Waals surface area contributed by atoms with Gasteiger partial charge in [-0.05, 0) is 42.0 Å². The molecule has 0 saturated carbocycles. The lowest BCUT2D eigenvalue weighted by Gasteiger charge is -2.34. The summed E-state index contributed by atoms with van der Waals surface area (Å²) in [4.78, 5) is 27.8. The number of carbonyl (C=O) groups is 2. The Balaban J connectivity index is 1.48. The zero-order valence-electron chi connectivity index (χ0n) is 15.2. The fourth-order valence-electron chi connectivity index (χ4n) is 2.97. The summed E-state index contributed by atoms with van der Waals surface area (Å²) >= 11 is 0. The van der Waals surface area contributed by atoms with E-state index in [1.807, 2.05) is 0 Å². The molecular weight excluding hydrogens is 349 g/mol. The molecule has 2 amide bonds. The van der Waals surface area contributed by atoms with Crippen LogP contribution in [0.2, 0.25) is 0 Å². The van der Waals surface area contributed by atoms with E-state index in [-0.39, 0.29) is 11.8 Å². The average molecular weight is 371 g/mol. The standard InChI is InChI=1S/C20H22FN3O3/c1-27-19(25)16-4-8-18(9-5-16)22-20(26)24-12-10-23(11-13-24)14-15-2-6-17(21)7-3-15/h2-9H,10-14H2,1H3,(H,22,26). The second-order valence-electron chi connectivity index (χ2n) is 6.39. The fourth-order valence-corrected chi connectivity index (χ4v) is 2.97. The van der Waals surface area contributed by atoms with Crippen molar-refractivity contribution in [3.63, 3.8) is 0 Å². The molecule has 0 radical (unpaired) electrons. The van der Waals surface area contributed by atoms with Gasteiger partial charge in [0.2, 0.25) is 0 Å². The van der Waals surface area contributed by atoms with Crippen LogP contribution in [0.4, 0.5) is 14.9 Å². The van der Waals surface area contributed by atoms with Crippen LogP contribution in [0.1, 0.15) is 15.9 Å². The number of ether oxygens (including phenoxy) is 1. The number of benzene rings is 2. The molecule has 0 atom stereocenters. The highest BCUT2D eigenvalue weighted by Crippen LogP contribution is 2.13. The maximum atomic E-state index is 13.0. The van der Waals surface area contributed by atoms with Crippen molar-refractivity contribution < 1.29 is 18.7 Å². The van der Waals surface area contributed by atoms with E-state index >= 15 is 0 Å². The number of nitrogens with zero attached hydrogens (tertiary/aromatic N) is 2. The number of carbonyl (C=O) groups excluding carboxylic acids is 2. The summed E-state index contributed by atoms with van der Waals surface area (Å²) < 4.78 is 17.6. The van der Waals surface area contributed by atoms with Crippen LogP contribution in [0.5, 0.6) is 0 Å². The Morgan fingerprint density at radius 3 is 2.22 bits per heavy atom. The van der Waals surface area contributed by atoms with Crippen molar-refractivity contribution in [3.05, 3.63) is 65.5 Å². The fraction of sp³-hybridized carbons (Fsp3) is 0.300. The Morgan fingerprint density at radius 2 is 1.63 bits per heavy atom. The van der Waals surface area contributed by atoms with Gasteiger partial charge in [-0.2, -0.15) is 0 Å². The van der Waals surface area contributed by atoms with Crippen LogP contribution in [0, 0.1) is 5.82 Å². The predicted octanol–water partition coefficient (Wildman–Crippen LogP) is 2.96. The van der Waals surface area contributed by atoms with E-state index in [4.69, 9.17) is 0 Å². The molecule has 0 aromatic heterocycles. The molecule has 1 saturated heterocycles. The quantitative estimate of drug-likeness (QED) is 0.840. The van der Waals surface area contributed by atoms with Crippen molar-refractivity contribution in [1.29, 1.82) is 0 Å². The number of anilines is 1. The molecule has 142 valence electrons. The van der Waals surface area contributed by atoms with Crippen molar-refractivity contribution in [1.82, 2.24) is 9.80 Å². The molecule has 2 aromatic rings. The van der Waals surface area contributed by atoms with E-state index < -0.39 is 5.97 Å². The minimum Gasteiger partial charge on any atom is -0.465 e. The minimum absolute atomic E-state index is 0.165. The van der Waals surface area contributed by atoms with Crippen LogP contribution in [0.15, 0.2) is 48.5 Å². The van der Waals surface area contributed by atoms with Gasteiger partial charge in [0.1, 0.15) is 5.82 Å². The normalized spacial score (nSPS) is 14.7. The third-order valence-corrected chi connectivity index (χ3v) is 4.54. The van der Waals surface area contributed by atoms with Gasteiger partial charge in [-0.3, -0.25) is 4.90 Å². The molecular formula is C20H22FN3O3. The number of esters is 1. The molecule has 1 heterocycles. The van der Waals surface area contributed by atoms with Crippen molar-refractivity contribution >= 4 is 17.7 Å². The highest BCUT2D eigenvalue weighted by atomic mass is 19.1. The van der Waals surface area contributed by atoms with Gasteiger partial charge in [0.15, 0.2) is 0 Å². The Kier molecular flexibility index (Phi) is 6.03. The summed E-state index contributed by atoms with van der Waals surface area (Å²) in [6.45, 7) is 3.49. The van der Waals surface area contributed by atoms with E-state index in [0.29, 0.717) is 24.3 Å². The molecule has 0 spiro atoms. The van der Waals surface area contributed by atoms with E-state index in [9.17, 15) is 14.0 Å². The molecule has 6 nitrogen and oxygen atoms in total. The summed E-state index contributed by atoms with van der Waals surface area (Å²) in [5, 5.41) is 2.84. The molecule has 1 N–H and O–H groups in total. The maximum absolute atomic E-state index is 13.0.